The van der Waals surface area contributed by atoms with Crippen LogP contribution in [0.25, 0.3) is 0 Å². The average Bonchev–Trinajstić information content (AvgIpc) is 2.85. The first kappa shape index (κ1) is 12.6. The summed E-state index contributed by atoms with van der Waals surface area (Å²) in [7, 11) is 0. The molecule has 0 spiro atoms. The van der Waals surface area contributed by atoms with E-state index in [9.17, 15) is 0 Å². The van der Waals surface area contributed by atoms with Crippen LogP contribution in [0.5, 0.6) is 0 Å². The second-order valence-corrected chi connectivity index (χ2v) is 4.34. The molecule has 2 aromatic rings. The number of hydrogen-bond acceptors (Lipinski definition) is 4. The second-order valence-electron chi connectivity index (χ2n) is 4.34. The van der Waals surface area contributed by atoms with E-state index >= 15 is 0 Å². The van der Waals surface area contributed by atoms with Gasteiger partial charge in [-0.1, -0.05) is 22.9 Å². The maximum Gasteiger partial charge on any atom is 0.156 e. The molecule has 0 aliphatic rings. The predicted octanol–water partition coefficient (Wildman–Crippen LogP) is 2.47. The van der Waals surface area contributed by atoms with E-state index in [4.69, 9.17) is 10.3 Å². The Balaban J connectivity index is 2.11. The van der Waals surface area contributed by atoms with Gasteiger partial charge in [-0.3, -0.25) is 0 Å². The molecular weight excluding hydrogens is 226 g/mol. The Labute approximate surface area is 107 Å². The van der Waals surface area contributed by atoms with Crippen LogP contribution in [0.2, 0.25) is 0 Å². The normalized spacial score (nSPS) is 10.6. The first-order chi connectivity index (χ1) is 8.72. The van der Waals surface area contributed by atoms with Crippen molar-refractivity contribution < 1.29 is 4.52 Å². The van der Waals surface area contributed by atoms with E-state index in [1.165, 1.54) is 11.3 Å². The van der Waals surface area contributed by atoms with E-state index in [1.54, 1.807) is 0 Å². The van der Waals surface area contributed by atoms with Crippen LogP contribution < -0.4 is 10.6 Å². The van der Waals surface area contributed by atoms with E-state index in [0.717, 1.165) is 18.0 Å². The molecule has 4 heteroatoms. The fourth-order valence-corrected chi connectivity index (χ4v) is 1.86. The van der Waals surface area contributed by atoms with Crippen LogP contribution >= 0.6 is 0 Å². The lowest BCUT2D eigenvalue weighted by Crippen LogP contribution is -2.21. The molecule has 0 amide bonds. The van der Waals surface area contributed by atoms with Crippen molar-refractivity contribution in [2.75, 3.05) is 11.4 Å². The molecule has 0 fully saturated rings. The fraction of sp³-hybridized carbons (Fsp3) is 0.357. The van der Waals surface area contributed by atoms with Gasteiger partial charge in [-0.15, -0.1) is 0 Å². The zero-order valence-corrected chi connectivity index (χ0v) is 10.9. The van der Waals surface area contributed by atoms with Gasteiger partial charge in [-0.2, -0.15) is 0 Å². The molecule has 0 saturated heterocycles. The van der Waals surface area contributed by atoms with Crippen LogP contribution in [-0.4, -0.2) is 11.7 Å². The van der Waals surface area contributed by atoms with Gasteiger partial charge in [0, 0.05) is 24.8 Å². The Kier molecular flexibility index (Phi) is 3.99. The molecule has 0 radical (unpaired) electrons. The van der Waals surface area contributed by atoms with Crippen molar-refractivity contribution in [3.8, 4) is 0 Å². The molecule has 4 nitrogen and oxygen atoms in total. The smallest absolute Gasteiger partial charge is 0.156 e. The summed E-state index contributed by atoms with van der Waals surface area (Å²) in [6, 6.07) is 10.4. The largest absolute Gasteiger partial charge is 0.364 e. The van der Waals surface area contributed by atoms with E-state index in [1.807, 2.05) is 6.07 Å². The summed E-state index contributed by atoms with van der Waals surface area (Å²) in [5.74, 6) is 0.845. The molecule has 0 saturated carbocycles. The van der Waals surface area contributed by atoms with E-state index < -0.39 is 0 Å². The quantitative estimate of drug-likeness (QED) is 0.879. The van der Waals surface area contributed by atoms with Gasteiger partial charge in [-0.25, -0.2) is 0 Å². The maximum absolute atomic E-state index is 5.52. The molecule has 0 atom stereocenters. The van der Waals surface area contributed by atoms with Crippen molar-refractivity contribution in [3.63, 3.8) is 0 Å². The van der Waals surface area contributed by atoms with E-state index in [-0.39, 0.29) is 0 Å². The molecule has 1 aromatic heterocycles. The summed E-state index contributed by atoms with van der Waals surface area (Å²) in [6.45, 7) is 6.26. The van der Waals surface area contributed by atoms with Gasteiger partial charge < -0.3 is 15.2 Å². The highest BCUT2D eigenvalue weighted by molar-refractivity contribution is 5.47. The molecule has 0 unspecified atom stereocenters. The molecule has 0 aliphatic heterocycles. The molecule has 2 rings (SSSR count). The van der Waals surface area contributed by atoms with Crippen LogP contribution in [0.1, 0.15) is 23.9 Å². The zero-order chi connectivity index (χ0) is 13.0. The van der Waals surface area contributed by atoms with Gasteiger partial charge in [-0.05, 0) is 26.0 Å². The Morgan fingerprint density at radius 1 is 1.28 bits per heavy atom. The third kappa shape index (κ3) is 2.90. The number of anilines is 1. The standard InChI is InChI=1S/C14H19N3O/c1-3-17(13-6-4-11(2)5-7-13)10-14-8-12(9-15)16-18-14/h4-8H,3,9-10,15H2,1-2H3. The lowest BCUT2D eigenvalue weighted by molar-refractivity contribution is 0.376. The number of nitrogens with two attached hydrogens (primary N) is 1. The van der Waals surface area contributed by atoms with Crippen molar-refractivity contribution >= 4 is 5.69 Å². The highest BCUT2D eigenvalue weighted by Crippen LogP contribution is 2.18. The van der Waals surface area contributed by atoms with Crippen molar-refractivity contribution in [1.29, 1.82) is 0 Å². The molecule has 0 aliphatic carbocycles. The minimum Gasteiger partial charge on any atom is -0.364 e. The lowest BCUT2D eigenvalue weighted by atomic mass is 10.2. The second kappa shape index (κ2) is 5.69. The lowest BCUT2D eigenvalue weighted by Gasteiger charge is -2.21. The highest BCUT2D eigenvalue weighted by Gasteiger charge is 2.09. The van der Waals surface area contributed by atoms with Crippen molar-refractivity contribution in [2.45, 2.75) is 26.9 Å². The summed E-state index contributed by atoms with van der Waals surface area (Å²) < 4.78 is 5.26. The Morgan fingerprint density at radius 2 is 2.00 bits per heavy atom. The van der Waals surface area contributed by atoms with Crippen molar-refractivity contribution in [2.24, 2.45) is 5.73 Å². The summed E-state index contributed by atoms with van der Waals surface area (Å²) in [5, 5.41) is 3.90. The van der Waals surface area contributed by atoms with Gasteiger partial charge in [0.15, 0.2) is 5.76 Å². The van der Waals surface area contributed by atoms with Crippen LogP contribution in [0.3, 0.4) is 0 Å². The molecular formula is C14H19N3O. The number of aromatic nitrogens is 1. The van der Waals surface area contributed by atoms with E-state index in [2.05, 4.69) is 48.2 Å². The number of aryl methyl sites for hydroxylation is 1. The number of benzene rings is 1. The minimum atomic E-state index is 0.417. The minimum absolute atomic E-state index is 0.417. The third-order valence-corrected chi connectivity index (χ3v) is 2.94. The number of nitrogens with zero attached hydrogens (tertiary/aromatic N) is 2. The topological polar surface area (TPSA) is 55.3 Å². The molecule has 0 bridgehead atoms. The molecule has 1 aromatic carbocycles. The summed E-state index contributed by atoms with van der Waals surface area (Å²) in [5.41, 5.74) is 8.77. The first-order valence-corrected chi connectivity index (χ1v) is 6.19. The van der Waals surface area contributed by atoms with Crippen LogP contribution in [0.4, 0.5) is 5.69 Å². The predicted molar refractivity (Wildman–Crippen MR) is 72.3 cm³/mol. The van der Waals surface area contributed by atoms with Gasteiger partial charge >= 0.3 is 0 Å². The van der Waals surface area contributed by atoms with Gasteiger partial charge in [0.2, 0.25) is 0 Å². The van der Waals surface area contributed by atoms with Gasteiger partial charge in [0.25, 0.3) is 0 Å². The fourth-order valence-electron chi connectivity index (χ4n) is 1.86. The van der Waals surface area contributed by atoms with Gasteiger partial charge in [0.05, 0.1) is 12.2 Å². The van der Waals surface area contributed by atoms with Crippen molar-refractivity contribution in [3.05, 3.63) is 47.3 Å². The van der Waals surface area contributed by atoms with Crippen molar-refractivity contribution in [1.82, 2.24) is 5.16 Å². The molecule has 96 valence electrons. The SMILES string of the molecule is CCN(Cc1cc(CN)no1)c1ccc(C)cc1. The zero-order valence-electron chi connectivity index (χ0n) is 10.9. The van der Waals surface area contributed by atoms with E-state index in [0.29, 0.717) is 13.1 Å². The summed E-state index contributed by atoms with van der Waals surface area (Å²) in [4.78, 5) is 2.24. The number of rotatable bonds is 5. The van der Waals surface area contributed by atoms with Gasteiger partial charge in [0.1, 0.15) is 0 Å². The Morgan fingerprint density at radius 3 is 2.56 bits per heavy atom. The monoisotopic (exact) mass is 245 g/mol. The molecule has 2 N–H and O–H groups in total. The third-order valence-electron chi connectivity index (χ3n) is 2.94. The highest BCUT2D eigenvalue weighted by atomic mass is 16.5. The average molecular weight is 245 g/mol. The molecule has 1 heterocycles. The summed E-state index contributed by atoms with van der Waals surface area (Å²) in [6.07, 6.45) is 0. The number of hydrogen-bond donors (Lipinski definition) is 1. The van der Waals surface area contributed by atoms with Crippen LogP contribution in [-0.2, 0) is 13.1 Å². The maximum atomic E-state index is 5.52. The Bertz CT molecular complexity index is 490. The first-order valence-electron chi connectivity index (χ1n) is 6.19. The van der Waals surface area contributed by atoms with Crippen LogP contribution in [0, 0.1) is 6.92 Å². The van der Waals surface area contributed by atoms with Crippen LogP contribution in [0.15, 0.2) is 34.9 Å². The summed E-state index contributed by atoms with van der Waals surface area (Å²) >= 11 is 0. The Hall–Kier alpha value is -1.81. The molecule has 18 heavy (non-hydrogen) atoms.